The number of fused-ring (bicyclic) bond motifs is 3. The number of Topliss-reactive ketones (excluding diaryl/α,β-unsaturated/α-hetero) is 1. The number of nitrogens with zero attached hydrogens (tertiary/aromatic N) is 2. The van der Waals surface area contributed by atoms with Crippen LogP contribution in [0.1, 0.15) is 90.4 Å². The van der Waals surface area contributed by atoms with E-state index in [2.05, 4.69) is 80.1 Å². The molecule has 4 aromatic heterocycles. The number of aliphatic hydroxyl groups is 2. The zero-order chi connectivity index (χ0) is 104. The van der Waals surface area contributed by atoms with Crippen LogP contribution in [0.4, 0.5) is 136 Å². The van der Waals surface area contributed by atoms with Gasteiger partial charge in [0.1, 0.15) is 17.2 Å². The standard InChI is InChI=1S/2C23H19F6NO2S.C20H16F3NOS.C13H10Br2OS.C3H3F3O.3CF3O3S.Yb/c2*24-22(25,26)21(31)13-30-18-7-2-6-16(14-4-1-5-15(12-14)32-23(27,28)29)17(18)9-10-19(30)20-8-3-11-33-20;21-20(22,23)25-14-5-1-4-13(12-14)15-6-2-7-17-16(15)9-10-18(24-17)19-8-3-11-26-19;14-10-3-1-4-11(15)9(10)6-7-12(16)13-5-2-8-17-13;4-3(5,6)2-1-7-2;3*2-1(3,4)7-8(5)6;/h2*1-8,11-12,19,21,31H,9-10,13H2;1-8,11-12,18,24H,9-10H2;1-5,8H,6-7H2;2H,1H2;;;;/q;;;;;3*-1;+3. The molecule has 777 valence electrons. The second-order valence-corrected chi connectivity index (χ2v) is 36.0. The number of benzene rings is 7. The molecule has 56 heteroatoms. The molecule has 4 aliphatic heterocycles. The third-order valence-electron chi connectivity index (χ3n) is 19.1. The summed E-state index contributed by atoms with van der Waals surface area (Å²) < 4.78 is 402. The van der Waals surface area contributed by atoms with Crippen molar-refractivity contribution in [2.75, 3.05) is 34.8 Å². The smallest absolute Gasteiger partial charge is 0.406 e. The molecule has 6 unspecified atom stereocenters. The van der Waals surface area contributed by atoms with Crippen molar-refractivity contribution < 1.29 is 237 Å². The molecule has 7 aromatic carbocycles. The van der Waals surface area contributed by atoms with Crippen molar-refractivity contribution in [3.05, 3.63) is 266 Å². The summed E-state index contributed by atoms with van der Waals surface area (Å²) in [5.41, 5.74) is 9.56. The van der Waals surface area contributed by atoms with E-state index >= 15 is 0 Å². The van der Waals surface area contributed by atoms with E-state index in [1.165, 1.54) is 87.4 Å². The van der Waals surface area contributed by atoms with Crippen molar-refractivity contribution in [2.45, 2.75) is 145 Å². The number of ketones is 1. The molecular weight excluding hydrogens is 2390 g/mol. The van der Waals surface area contributed by atoms with Crippen LogP contribution in [0.25, 0.3) is 33.4 Å². The van der Waals surface area contributed by atoms with Gasteiger partial charge >= 0.3 is 104 Å². The van der Waals surface area contributed by atoms with Gasteiger partial charge in [-0.1, -0.05) is 135 Å². The van der Waals surface area contributed by atoms with E-state index in [4.69, 9.17) is 25.3 Å². The molecule has 1 saturated heterocycles. The molecule has 8 heterocycles. The van der Waals surface area contributed by atoms with Gasteiger partial charge in [-0.15, -0.1) is 124 Å². The Morgan fingerprint density at radius 2 is 0.752 bits per heavy atom. The molecule has 1 radical (unpaired) electrons. The van der Waals surface area contributed by atoms with Gasteiger partial charge in [-0.2, -0.15) is 39.5 Å². The van der Waals surface area contributed by atoms with Crippen molar-refractivity contribution in [2.24, 2.45) is 0 Å². The number of aliphatic hydroxyl groups excluding tert-OH is 2. The number of carbonyl (C=O) groups is 1. The second kappa shape index (κ2) is 52.9. The van der Waals surface area contributed by atoms with Gasteiger partial charge in [0.25, 0.3) is 0 Å². The van der Waals surface area contributed by atoms with Crippen molar-refractivity contribution in [1.29, 1.82) is 0 Å². The van der Waals surface area contributed by atoms with Gasteiger partial charge in [-0.05, 0) is 213 Å². The van der Waals surface area contributed by atoms with Gasteiger partial charge in [0.15, 0.2) is 24.1 Å². The third kappa shape index (κ3) is 41.1. The number of halogens is 29. The molecule has 3 N–H and O–H groups in total. The number of carbonyl (C=O) groups excluding carboxylic acids is 1. The summed E-state index contributed by atoms with van der Waals surface area (Å²) in [6.45, 7) is -1.46. The Bertz CT molecular complexity index is 5750. The summed E-state index contributed by atoms with van der Waals surface area (Å²) in [7, 11) is -10.5. The predicted octanol–water partition coefficient (Wildman–Crippen LogP) is 28.2. The number of epoxide rings is 1. The predicted molar refractivity (Wildman–Crippen MR) is 467 cm³/mol. The molecule has 0 spiro atoms. The largest absolute Gasteiger partial charge is 3.00 e. The number of anilines is 3. The number of ether oxygens (including phenoxy) is 4. The van der Waals surface area contributed by atoms with E-state index in [9.17, 15) is 134 Å². The molecule has 0 bridgehead atoms. The fourth-order valence-electron chi connectivity index (χ4n) is 13.7. The molecule has 1 fully saturated rings. The van der Waals surface area contributed by atoms with Crippen LogP contribution in [-0.2, 0) is 101 Å². The van der Waals surface area contributed by atoms with Gasteiger partial charge in [0.2, 0.25) is 0 Å². The summed E-state index contributed by atoms with van der Waals surface area (Å²) in [5.74, 6) is -0.751. The first-order valence-corrected chi connectivity index (χ1v) is 47.3. The summed E-state index contributed by atoms with van der Waals surface area (Å²) in [5, 5.41) is 30.9. The fourth-order valence-corrected chi connectivity index (χ4v) is 18.8. The minimum absolute atomic E-state index is 0. The van der Waals surface area contributed by atoms with E-state index < -0.39 is 121 Å². The maximum atomic E-state index is 13.2. The number of hydrogen-bond donors (Lipinski definition) is 3. The first-order chi connectivity index (χ1) is 65.1. The van der Waals surface area contributed by atoms with Crippen LogP contribution in [0.15, 0.2) is 225 Å². The molecule has 0 aliphatic carbocycles. The Balaban J connectivity index is 0.000000234. The van der Waals surface area contributed by atoms with Crippen LogP contribution in [-0.4, -0.2) is 111 Å². The number of hydrogen-bond acceptors (Lipinski definition) is 26. The third-order valence-corrected chi connectivity index (χ3v) is 25.4. The SMILES string of the molecule is FC(F)(F)C1CO1.FC(F)(F)Oc1cccc(-c2cccc3c2CCC(c2cccs2)N3)c1.O=C(CCc1c(Br)cccc1Br)c1cccs1.O=[S-](=O)OC(F)(F)F.O=[S-](=O)OC(F)(F)F.O=[S-](=O)OC(F)(F)F.OC(CN1c2cccc(-c3cccc(OC(F)(F)F)c3)c2CCC1c1cccs1)C(F)(F)F.OC(CN1c2cccc(-c3cccc(OC(F)(F)F)c3)c2CCC1c1cccs1)C(F)(F)F.[Yb+3]. The molecule has 0 saturated carbocycles. The maximum absolute atomic E-state index is 13.2. The summed E-state index contributed by atoms with van der Waals surface area (Å²) in [6, 6.07) is 53.9. The topological polar surface area (TPSA) is 246 Å². The van der Waals surface area contributed by atoms with E-state index in [0.29, 0.717) is 76.9 Å². The second-order valence-electron chi connectivity index (χ2n) is 28.6. The van der Waals surface area contributed by atoms with Crippen LogP contribution in [0, 0.1) is 46.9 Å². The maximum Gasteiger partial charge on any atom is 3.00 e. The molecule has 141 heavy (non-hydrogen) atoms. The van der Waals surface area contributed by atoms with Crippen LogP contribution in [0.3, 0.4) is 0 Å². The average molecular weight is 2460 g/mol. The van der Waals surface area contributed by atoms with Crippen LogP contribution in [0.5, 0.6) is 17.2 Å². The number of rotatable bonds is 20. The van der Waals surface area contributed by atoms with Crippen molar-refractivity contribution in [3.63, 3.8) is 0 Å². The first kappa shape index (κ1) is 120. The summed E-state index contributed by atoms with van der Waals surface area (Å²) in [6.07, 6.45) is -44.7. The van der Waals surface area contributed by atoms with Gasteiger partial charge in [0.05, 0.1) is 75.7 Å². The average Bonchev–Trinajstić information content (AvgIpc) is 1.25. The number of thiophene rings is 4. The van der Waals surface area contributed by atoms with Crippen molar-refractivity contribution >= 4 is 133 Å². The van der Waals surface area contributed by atoms with E-state index in [0.717, 1.165) is 70.8 Å². The van der Waals surface area contributed by atoms with E-state index in [1.807, 2.05) is 101 Å². The van der Waals surface area contributed by atoms with E-state index in [1.54, 1.807) is 75.7 Å². The van der Waals surface area contributed by atoms with Gasteiger partial charge in [-0.3, -0.25) is 4.79 Å². The van der Waals surface area contributed by atoms with Crippen LogP contribution in [0.2, 0.25) is 0 Å². The zero-order valence-corrected chi connectivity index (χ0v) is 80.7. The van der Waals surface area contributed by atoms with Gasteiger partial charge < -0.3 is 82.1 Å². The molecule has 11 aromatic rings. The van der Waals surface area contributed by atoms with Crippen molar-refractivity contribution in [3.8, 4) is 50.6 Å². The number of nitrogens with one attached hydrogen (secondary N) is 1. The molecule has 19 nitrogen and oxygen atoms in total. The zero-order valence-electron chi connectivity index (χ0n) is 70.1. The minimum atomic E-state index is -5.09. The Hall–Kier alpha value is -7.99. The molecule has 4 aliphatic rings. The first-order valence-electron chi connectivity index (χ1n) is 39.2. The monoisotopic (exact) mass is 2450 g/mol. The number of alkyl halides is 27. The Morgan fingerprint density at radius 3 is 1.06 bits per heavy atom. The van der Waals surface area contributed by atoms with Crippen molar-refractivity contribution in [1.82, 2.24) is 0 Å². The molecule has 0 amide bonds. The minimum Gasteiger partial charge on any atom is -0.406 e. The van der Waals surface area contributed by atoms with Gasteiger partial charge in [0, 0.05) is 47.1 Å². The Morgan fingerprint density at radius 1 is 0.418 bits per heavy atom. The molecule has 6 atom stereocenters. The normalized spacial score (nSPS) is 16.2. The fraction of sp³-hybridized carbons (Fsp3) is 0.306. The van der Waals surface area contributed by atoms with Crippen LogP contribution < -0.4 is 29.3 Å². The molecular formula is C85H67Br2F27N3O16S7Yb. The molecule has 15 rings (SSSR count). The quantitative estimate of drug-likeness (QED) is 0.0278. The Kier molecular flexibility index (Phi) is 45.0. The Labute approximate surface area is 859 Å². The summed E-state index contributed by atoms with van der Waals surface area (Å²) >= 11 is 13.1. The number of β-amino-alcohol motifs (C(OH)–C–C–N with tert-alkyl or cyclic N) is 2. The summed E-state index contributed by atoms with van der Waals surface area (Å²) in [4.78, 5) is 18.9. The van der Waals surface area contributed by atoms with Gasteiger partial charge in [-0.25, -0.2) is 0 Å². The van der Waals surface area contributed by atoms with Crippen LogP contribution >= 0.6 is 77.2 Å². The van der Waals surface area contributed by atoms with E-state index in [-0.39, 0.29) is 94.7 Å².